The van der Waals surface area contributed by atoms with Crippen molar-refractivity contribution in [1.82, 2.24) is 0 Å². The second-order valence-electron chi connectivity index (χ2n) is 3.73. The Kier molecular flexibility index (Phi) is 2.83. The van der Waals surface area contributed by atoms with E-state index in [1.807, 2.05) is 20.8 Å². The van der Waals surface area contributed by atoms with Crippen molar-refractivity contribution in [2.24, 2.45) is 0 Å². The molecule has 0 rings (SSSR count). The molecule has 0 atom stereocenters. The summed E-state index contributed by atoms with van der Waals surface area (Å²) < 4.78 is 0. The van der Waals surface area contributed by atoms with Crippen molar-refractivity contribution in [2.75, 3.05) is 0 Å². The van der Waals surface area contributed by atoms with E-state index in [0.717, 1.165) is 0 Å². The first-order valence-corrected chi connectivity index (χ1v) is 3.30. The molecule has 0 saturated heterocycles. The summed E-state index contributed by atoms with van der Waals surface area (Å²) in [6.45, 7) is 8.56. The molecule has 0 fully saturated rings. The highest BCUT2D eigenvalue weighted by atomic mass is 17.2. The standard InChI is InChI=1S/C7H16O3/c1-6(2,3)9-10-7(4,5)8/h8H,1-5H3. The van der Waals surface area contributed by atoms with E-state index in [1.54, 1.807) is 0 Å². The average molecular weight is 148 g/mol. The Labute approximate surface area is 61.9 Å². The topological polar surface area (TPSA) is 38.7 Å². The van der Waals surface area contributed by atoms with Crippen LogP contribution in [0.25, 0.3) is 0 Å². The van der Waals surface area contributed by atoms with Gasteiger partial charge in [0.25, 0.3) is 0 Å². The second kappa shape index (κ2) is 2.86. The van der Waals surface area contributed by atoms with E-state index < -0.39 is 5.79 Å². The molecule has 0 aromatic heterocycles. The summed E-state index contributed by atoms with van der Waals surface area (Å²) in [5.41, 5.74) is -0.375. The van der Waals surface area contributed by atoms with E-state index in [9.17, 15) is 0 Å². The van der Waals surface area contributed by atoms with Gasteiger partial charge in [0.05, 0.1) is 5.60 Å². The minimum atomic E-state index is -1.21. The largest absolute Gasteiger partial charge is 0.364 e. The molecule has 3 heteroatoms. The number of rotatable bonds is 2. The van der Waals surface area contributed by atoms with Crippen LogP contribution >= 0.6 is 0 Å². The molecule has 0 aromatic rings. The van der Waals surface area contributed by atoms with E-state index in [4.69, 9.17) is 9.99 Å². The first kappa shape index (κ1) is 9.88. The van der Waals surface area contributed by atoms with E-state index >= 15 is 0 Å². The zero-order valence-electron chi connectivity index (χ0n) is 7.26. The maximum Gasteiger partial charge on any atom is 0.193 e. The number of hydrogen-bond donors (Lipinski definition) is 1. The highest BCUT2D eigenvalue weighted by molar-refractivity contribution is 4.55. The van der Waals surface area contributed by atoms with Crippen molar-refractivity contribution in [2.45, 2.75) is 46.0 Å². The Balaban J connectivity index is 3.56. The maximum absolute atomic E-state index is 9.03. The zero-order valence-corrected chi connectivity index (χ0v) is 7.26. The fourth-order valence-electron chi connectivity index (χ4n) is 0.227. The SMILES string of the molecule is CC(C)(C)OOC(C)(C)O. The Bertz CT molecular complexity index is 82.4. The van der Waals surface area contributed by atoms with Gasteiger partial charge in [0, 0.05) is 0 Å². The molecule has 1 N–H and O–H groups in total. The van der Waals surface area contributed by atoms with Gasteiger partial charge in [-0.1, -0.05) is 0 Å². The van der Waals surface area contributed by atoms with Gasteiger partial charge in [-0.05, 0) is 34.6 Å². The van der Waals surface area contributed by atoms with Gasteiger partial charge in [-0.25, -0.2) is 9.78 Å². The first-order chi connectivity index (χ1) is 4.21. The van der Waals surface area contributed by atoms with E-state index in [0.29, 0.717) is 0 Å². The smallest absolute Gasteiger partial charge is 0.193 e. The summed E-state index contributed by atoms with van der Waals surface area (Å²) in [6.07, 6.45) is 0. The van der Waals surface area contributed by atoms with E-state index in [-0.39, 0.29) is 5.60 Å². The minimum Gasteiger partial charge on any atom is -0.364 e. The van der Waals surface area contributed by atoms with Crippen molar-refractivity contribution in [3.05, 3.63) is 0 Å². The van der Waals surface area contributed by atoms with Gasteiger partial charge < -0.3 is 5.11 Å². The van der Waals surface area contributed by atoms with Crippen molar-refractivity contribution in [3.63, 3.8) is 0 Å². The van der Waals surface area contributed by atoms with Gasteiger partial charge in [-0.3, -0.25) is 0 Å². The van der Waals surface area contributed by atoms with Gasteiger partial charge in [0.1, 0.15) is 0 Å². The Morgan fingerprint density at radius 3 is 1.40 bits per heavy atom. The molecule has 0 heterocycles. The lowest BCUT2D eigenvalue weighted by molar-refractivity contribution is -0.441. The van der Waals surface area contributed by atoms with Crippen molar-refractivity contribution < 1.29 is 14.9 Å². The number of aliphatic hydroxyl groups is 1. The first-order valence-electron chi connectivity index (χ1n) is 3.30. The van der Waals surface area contributed by atoms with Crippen molar-refractivity contribution >= 4 is 0 Å². The summed E-state index contributed by atoms with van der Waals surface area (Å²) in [5, 5.41) is 9.03. The van der Waals surface area contributed by atoms with Crippen LogP contribution in [-0.4, -0.2) is 16.5 Å². The molecule has 62 valence electrons. The van der Waals surface area contributed by atoms with Gasteiger partial charge in [-0.2, -0.15) is 0 Å². The summed E-state index contributed by atoms with van der Waals surface area (Å²) in [4.78, 5) is 9.49. The summed E-state index contributed by atoms with van der Waals surface area (Å²) >= 11 is 0. The third-order valence-electron chi connectivity index (χ3n) is 0.496. The third kappa shape index (κ3) is 7.88. The van der Waals surface area contributed by atoms with Crippen LogP contribution in [0.1, 0.15) is 34.6 Å². The highest BCUT2D eigenvalue weighted by Gasteiger charge is 2.19. The lowest BCUT2D eigenvalue weighted by atomic mass is 10.2. The molecule has 0 saturated carbocycles. The molecular formula is C7H16O3. The summed E-state index contributed by atoms with van der Waals surface area (Å²) in [7, 11) is 0. The van der Waals surface area contributed by atoms with Gasteiger partial charge in [0.15, 0.2) is 5.79 Å². The molecule has 0 radical (unpaired) electrons. The molecule has 0 unspecified atom stereocenters. The van der Waals surface area contributed by atoms with Crippen LogP contribution in [0.2, 0.25) is 0 Å². The fourth-order valence-corrected chi connectivity index (χ4v) is 0.227. The lowest BCUT2D eigenvalue weighted by Gasteiger charge is -2.23. The predicted octanol–water partition coefficient (Wildman–Crippen LogP) is 1.46. The molecule has 3 nitrogen and oxygen atoms in total. The number of hydrogen-bond acceptors (Lipinski definition) is 3. The Morgan fingerprint density at radius 1 is 0.900 bits per heavy atom. The maximum atomic E-state index is 9.03. The minimum absolute atomic E-state index is 0.375. The molecule has 0 aliphatic heterocycles. The van der Waals surface area contributed by atoms with E-state index in [1.165, 1.54) is 13.8 Å². The van der Waals surface area contributed by atoms with Crippen LogP contribution in [0.3, 0.4) is 0 Å². The van der Waals surface area contributed by atoms with Crippen LogP contribution in [0, 0.1) is 0 Å². The summed E-state index contributed by atoms with van der Waals surface area (Å²) in [6, 6.07) is 0. The Hall–Kier alpha value is -0.120. The van der Waals surface area contributed by atoms with Gasteiger partial charge >= 0.3 is 0 Å². The molecule has 0 aliphatic carbocycles. The second-order valence-corrected chi connectivity index (χ2v) is 3.73. The van der Waals surface area contributed by atoms with Crippen LogP contribution in [0.5, 0.6) is 0 Å². The fraction of sp³-hybridized carbons (Fsp3) is 1.00. The quantitative estimate of drug-likeness (QED) is 0.366. The zero-order chi connectivity index (χ0) is 8.41. The third-order valence-corrected chi connectivity index (χ3v) is 0.496. The molecule has 0 amide bonds. The van der Waals surface area contributed by atoms with Gasteiger partial charge in [-0.15, -0.1) is 0 Å². The summed E-state index contributed by atoms with van der Waals surface area (Å²) in [5.74, 6) is -1.21. The monoisotopic (exact) mass is 148 g/mol. The van der Waals surface area contributed by atoms with Crippen LogP contribution in [0.4, 0.5) is 0 Å². The van der Waals surface area contributed by atoms with Crippen LogP contribution in [-0.2, 0) is 9.78 Å². The normalized spacial score (nSPS) is 13.8. The Morgan fingerprint density at radius 2 is 1.30 bits per heavy atom. The molecule has 10 heavy (non-hydrogen) atoms. The average Bonchev–Trinajstić information content (AvgIpc) is 1.57. The molecular weight excluding hydrogens is 132 g/mol. The van der Waals surface area contributed by atoms with Crippen LogP contribution < -0.4 is 0 Å². The van der Waals surface area contributed by atoms with Crippen LogP contribution in [0.15, 0.2) is 0 Å². The lowest BCUT2D eigenvalue weighted by Crippen LogP contribution is -2.30. The molecule has 0 aliphatic rings. The molecule has 0 aromatic carbocycles. The molecule has 0 bridgehead atoms. The van der Waals surface area contributed by atoms with E-state index in [2.05, 4.69) is 4.89 Å². The van der Waals surface area contributed by atoms with Crippen molar-refractivity contribution in [1.29, 1.82) is 0 Å². The van der Waals surface area contributed by atoms with Gasteiger partial charge in [0.2, 0.25) is 0 Å². The van der Waals surface area contributed by atoms with Crippen molar-refractivity contribution in [3.8, 4) is 0 Å². The molecule has 0 spiro atoms. The highest BCUT2D eigenvalue weighted by Crippen LogP contribution is 2.12. The predicted molar refractivity (Wildman–Crippen MR) is 38.2 cm³/mol.